The van der Waals surface area contributed by atoms with E-state index in [2.05, 4.69) is 27.9 Å². The van der Waals surface area contributed by atoms with Crippen LogP contribution in [-0.2, 0) is 11.4 Å². The van der Waals surface area contributed by atoms with E-state index in [1.165, 1.54) is 6.08 Å². The number of nitriles is 1. The van der Waals surface area contributed by atoms with Crippen LogP contribution in [0.25, 0.3) is 6.08 Å². The summed E-state index contributed by atoms with van der Waals surface area (Å²) in [5.41, 5.74) is 1.99. The lowest BCUT2D eigenvalue weighted by atomic mass is 10.1. The second kappa shape index (κ2) is 10.9. The van der Waals surface area contributed by atoms with Gasteiger partial charge in [-0.05, 0) is 76.7 Å². The molecular weight excluding hydrogens is 570 g/mol. The fraction of sp³-hybridized carbons (Fsp3) is 0.0435. The highest BCUT2D eigenvalue weighted by Gasteiger charge is 2.11. The van der Waals surface area contributed by atoms with E-state index < -0.39 is 5.91 Å². The number of amides is 1. The lowest BCUT2D eigenvalue weighted by Crippen LogP contribution is -2.13. The first-order valence-electron chi connectivity index (χ1n) is 8.90. The molecule has 0 fully saturated rings. The van der Waals surface area contributed by atoms with Gasteiger partial charge in [0, 0.05) is 26.3 Å². The minimum absolute atomic E-state index is 0.0302. The fourth-order valence-corrected chi connectivity index (χ4v) is 3.95. The highest BCUT2D eigenvalue weighted by molar-refractivity contribution is 14.1. The minimum atomic E-state index is -0.516. The summed E-state index contributed by atoms with van der Waals surface area (Å²) in [5, 5.41) is 13.7. The molecule has 0 heterocycles. The van der Waals surface area contributed by atoms with Gasteiger partial charge in [0.2, 0.25) is 0 Å². The molecule has 0 spiro atoms. The molecule has 8 heteroatoms. The third-order valence-electron chi connectivity index (χ3n) is 4.11. The Kier molecular flexibility index (Phi) is 8.22. The molecule has 0 bridgehead atoms. The summed E-state index contributed by atoms with van der Waals surface area (Å²) in [7, 11) is 0. The molecule has 0 unspecified atom stereocenters. The van der Waals surface area contributed by atoms with Crippen LogP contribution >= 0.6 is 57.4 Å². The smallest absolute Gasteiger partial charge is 0.266 e. The number of nitrogens with zero attached hydrogens (tertiary/aromatic N) is 1. The third-order valence-corrected chi connectivity index (χ3v) is 5.78. The van der Waals surface area contributed by atoms with Gasteiger partial charge in [-0.15, -0.1) is 0 Å². The first kappa shape index (κ1) is 23.4. The van der Waals surface area contributed by atoms with Crippen molar-refractivity contribution in [1.29, 1.82) is 5.26 Å². The predicted octanol–water partition coefficient (Wildman–Crippen LogP) is 7.38. The fourth-order valence-electron chi connectivity index (χ4n) is 2.60. The van der Waals surface area contributed by atoms with Gasteiger partial charge in [-0.3, -0.25) is 4.79 Å². The summed E-state index contributed by atoms with van der Waals surface area (Å²) in [5.74, 6) is 0.142. The van der Waals surface area contributed by atoms with Crippen molar-refractivity contribution in [1.82, 2.24) is 0 Å². The SMILES string of the molecule is N#C/C(=C\c1ccc(OCc2ccc(Cl)cc2Cl)c(I)c1)C(=O)Nc1cccc(Cl)c1. The maximum atomic E-state index is 12.4. The van der Waals surface area contributed by atoms with Crippen molar-refractivity contribution < 1.29 is 9.53 Å². The first-order valence-corrected chi connectivity index (χ1v) is 11.1. The lowest BCUT2D eigenvalue weighted by molar-refractivity contribution is -0.112. The number of carbonyl (C=O) groups excluding carboxylic acids is 1. The Morgan fingerprint density at radius 1 is 1.06 bits per heavy atom. The Morgan fingerprint density at radius 2 is 1.84 bits per heavy atom. The summed E-state index contributed by atoms with van der Waals surface area (Å²) in [4.78, 5) is 12.4. The average molecular weight is 584 g/mol. The topological polar surface area (TPSA) is 62.1 Å². The quantitative estimate of drug-likeness (QED) is 0.187. The predicted molar refractivity (Wildman–Crippen MR) is 134 cm³/mol. The van der Waals surface area contributed by atoms with Crippen molar-refractivity contribution in [2.75, 3.05) is 5.32 Å². The number of benzene rings is 3. The summed E-state index contributed by atoms with van der Waals surface area (Å²) in [6.07, 6.45) is 1.52. The summed E-state index contributed by atoms with van der Waals surface area (Å²) < 4.78 is 6.68. The van der Waals surface area contributed by atoms with Crippen molar-refractivity contribution in [3.05, 3.63) is 96.0 Å². The molecule has 0 aliphatic rings. The molecule has 3 aromatic carbocycles. The number of hydrogen-bond acceptors (Lipinski definition) is 3. The van der Waals surface area contributed by atoms with Gasteiger partial charge in [0.15, 0.2) is 0 Å². The van der Waals surface area contributed by atoms with Gasteiger partial charge in [-0.25, -0.2) is 0 Å². The average Bonchev–Trinajstić information content (AvgIpc) is 2.72. The molecule has 4 nitrogen and oxygen atoms in total. The van der Waals surface area contributed by atoms with Crippen LogP contribution in [0.5, 0.6) is 5.75 Å². The Balaban J connectivity index is 1.72. The lowest BCUT2D eigenvalue weighted by Gasteiger charge is -2.10. The summed E-state index contributed by atoms with van der Waals surface area (Å²) in [6, 6.07) is 19.3. The molecule has 3 aromatic rings. The number of carbonyl (C=O) groups is 1. The van der Waals surface area contributed by atoms with Crippen molar-refractivity contribution in [3.63, 3.8) is 0 Å². The van der Waals surface area contributed by atoms with E-state index in [0.29, 0.717) is 32.1 Å². The standard InChI is InChI=1S/C23H14Cl3IN2O2/c24-17-2-1-3-19(10-17)29-23(30)16(12-28)8-14-4-7-22(21(27)9-14)31-13-15-5-6-18(25)11-20(15)26/h1-11H,13H2,(H,29,30)/b16-8+. The Morgan fingerprint density at radius 3 is 2.52 bits per heavy atom. The van der Waals surface area contributed by atoms with Crippen LogP contribution in [0, 0.1) is 14.9 Å². The number of rotatable bonds is 6. The molecule has 0 aliphatic carbocycles. The van der Waals surface area contributed by atoms with Crippen molar-refractivity contribution in [2.24, 2.45) is 0 Å². The minimum Gasteiger partial charge on any atom is -0.488 e. The Hall–Kier alpha value is -2.24. The van der Waals surface area contributed by atoms with E-state index in [-0.39, 0.29) is 12.2 Å². The highest BCUT2D eigenvalue weighted by Crippen LogP contribution is 2.27. The van der Waals surface area contributed by atoms with Crippen LogP contribution in [0.4, 0.5) is 5.69 Å². The second-order valence-electron chi connectivity index (χ2n) is 6.35. The van der Waals surface area contributed by atoms with Gasteiger partial charge in [-0.1, -0.05) is 53.0 Å². The van der Waals surface area contributed by atoms with E-state index in [9.17, 15) is 10.1 Å². The molecule has 1 amide bonds. The summed E-state index contributed by atoms with van der Waals surface area (Å²) >= 11 is 20.2. The van der Waals surface area contributed by atoms with Gasteiger partial charge in [0.1, 0.15) is 24.0 Å². The van der Waals surface area contributed by atoms with E-state index in [4.69, 9.17) is 39.5 Å². The molecule has 31 heavy (non-hydrogen) atoms. The third kappa shape index (κ3) is 6.62. The Bertz CT molecular complexity index is 1210. The molecular formula is C23H14Cl3IN2O2. The molecule has 156 valence electrons. The zero-order chi connectivity index (χ0) is 22.4. The molecule has 0 atom stereocenters. The van der Waals surface area contributed by atoms with Crippen molar-refractivity contribution in [2.45, 2.75) is 6.61 Å². The largest absolute Gasteiger partial charge is 0.488 e. The van der Waals surface area contributed by atoms with Gasteiger partial charge in [-0.2, -0.15) is 5.26 Å². The number of nitrogens with one attached hydrogen (secondary N) is 1. The van der Waals surface area contributed by atoms with E-state index in [0.717, 1.165) is 9.13 Å². The first-order chi connectivity index (χ1) is 14.9. The van der Waals surface area contributed by atoms with Crippen LogP contribution in [0.15, 0.2) is 66.2 Å². The molecule has 0 radical (unpaired) electrons. The zero-order valence-electron chi connectivity index (χ0n) is 15.8. The van der Waals surface area contributed by atoms with Crippen LogP contribution in [0.3, 0.4) is 0 Å². The second-order valence-corrected chi connectivity index (χ2v) is 8.79. The van der Waals surface area contributed by atoms with Crippen molar-refractivity contribution >= 4 is 75.1 Å². The number of hydrogen-bond donors (Lipinski definition) is 1. The molecule has 0 saturated carbocycles. The molecule has 0 saturated heterocycles. The Labute approximate surface area is 208 Å². The van der Waals surface area contributed by atoms with Crippen LogP contribution in [-0.4, -0.2) is 5.91 Å². The normalized spacial score (nSPS) is 11.0. The molecule has 1 N–H and O–H groups in total. The zero-order valence-corrected chi connectivity index (χ0v) is 20.3. The number of anilines is 1. The van der Waals surface area contributed by atoms with Gasteiger partial charge in [0.25, 0.3) is 5.91 Å². The maximum Gasteiger partial charge on any atom is 0.266 e. The van der Waals surface area contributed by atoms with Gasteiger partial charge >= 0.3 is 0 Å². The molecule has 0 aromatic heterocycles. The molecule has 0 aliphatic heterocycles. The van der Waals surface area contributed by atoms with Crippen LogP contribution in [0.2, 0.25) is 15.1 Å². The van der Waals surface area contributed by atoms with Crippen LogP contribution < -0.4 is 10.1 Å². The highest BCUT2D eigenvalue weighted by atomic mass is 127. The van der Waals surface area contributed by atoms with E-state index in [1.807, 2.05) is 18.2 Å². The maximum absolute atomic E-state index is 12.4. The monoisotopic (exact) mass is 582 g/mol. The number of halogens is 4. The van der Waals surface area contributed by atoms with Crippen LogP contribution in [0.1, 0.15) is 11.1 Å². The van der Waals surface area contributed by atoms with Crippen molar-refractivity contribution in [3.8, 4) is 11.8 Å². The van der Waals surface area contributed by atoms with E-state index in [1.54, 1.807) is 48.5 Å². The summed E-state index contributed by atoms with van der Waals surface area (Å²) in [6.45, 7) is 0.284. The van der Waals surface area contributed by atoms with Gasteiger partial charge < -0.3 is 10.1 Å². The molecule has 3 rings (SSSR count). The number of ether oxygens (including phenoxy) is 1. The van der Waals surface area contributed by atoms with Gasteiger partial charge in [0.05, 0.1) is 3.57 Å². The van der Waals surface area contributed by atoms with E-state index >= 15 is 0 Å².